The van der Waals surface area contributed by atoms with Crippen LogP contribution >= 0.6 is 11.8 Å². The van der Waals surface area contributed by atoms with Gasteiger partial charge >= 0.3 is 0 Å². The highest BCUT2D eigenvalue weighted by molar-refractivity contribution is 7.99. The van der Waals surface area contributed by atoms with Crippen molar-refractivity contribution in [2.24, 2.45) is 12.8 Å². The first-order valence-corrected chi connectivity index (χ1v) is 6.34. The van der Waals surface area contributed by atoms with Gasteiger partial charge in [-0.2, -0.15) is 0 Å². The Morgan fingerprint density at radius 2 is 2.15 bits per heavy atom. The molecule has 2 N–H and O–H groups in total. The third-order valence-corrected chi connectivity index (χ3v) is 3.80. The third kappa shape index (κ3) is 2.62. The van der Waals surface area contributed by atoms with Crippen LogP contribution in [-0.4, -0.2) is 25.6 Å². The summed E-state index contributed by atoms with van der Waals surface area (Å²) in [4.78, 5) is 22.0. The van der Waals surface area contributed by atoms with Crippen LogP contribution in [0.1, 0.15) is 16.2 Å². The predicted molar refractivity (Wildman–Crippen MR) is 71.5 cm³/mol. The van der Waals surface area contributed by atoms with Crippen molar-refractivity contribution >= 4 is 23.4 Å². The Morgan fingerprint density at radius 1 is 1.45 bits per heavy atom. The molecule has 0 aliphatic heterocycles. The Morgan fingerprint density at radius 3 is 2.65 bits per heavy atom. The summed E-state index contributed by atoms with van der Waals surface area (Å²) in [5.41, 5.74) is 5.02. The molecule has 2 rings (SSSR count). The normalized spacial score (nSPS) is 10.5. The second-order valence-corrected chi connectivity index (χ2v) is 5.00. The fourth-order valence-corrected chi connectivity index (χ4v) is 2.40. The van der Waals surface area contributed by atoms with Gasteiger partial charge in [0.25, 0.3) is 5.69 Å². The van der Waals surface area contributed by atoms with Crippen molar-refractivity contribution in [2.75, 3.05) is 0 Å². The zero-order chi connectivity index (χ0) is 14.9. The van der Waals surface area contributed by atoms with Gasteiger partial charge < -0.3 is 10.3 Å². The molecule has 8 nitrogen and oxygen atoms in total. The molecule has 0 fully saturated rings. The molecule has 0 aliphatic rings. The van der Waals surface area contributed by atoms with Crippen molar-refractivity contribution in [3.05, 3.63) is 39.7 Å². The number of nitro benzene ring substituents is 1. The van der Waals surface area contributed by atoms with E-state index in [1.54, 1.807) is 18.5 Å². The summed E-state index contributed by atoms with van der Waals surface area (Å²) in [5.74, 6) is -0.0111. The highest BCUT2D eigenvalue weighted by Gasteiger charge is 2.19. The molecule has 1 aromatic carbocycles. The maximum Gasteiger partial charge on any atom is 0.284 e. The Labute approximate surface area is 118 Å². The van der Waals surface area contributed by atoms with Gasteiger partial charge in [-0.15, -0.1) is 10.2 Å². The van der Waals surface area contributed by atoms with Crippen molar-refractivity contribution < 1.29 is 9.72 Å². The lowest BCUT2D eigenvalue weighted by molar-refractivity contribution is -0.387. The number of carbonyl (C=O) groups is 1. The number of nitro groups is 1. The van der Waals surface area contributed by atoms with E-state index in [1.807, 2.05) is 0 Å². The second-order valence-electron chi connectivity index (χ2n) is 3.99. The summed E-state index contributed by atoms with van der Waals surface area (Å²) in [7, 11) is 1.77. The number of aryl methyl sites for hydroxylation is 1. The molecule has 2 aromatic rings. The zero-order valence-corrected chi connectivity index (χ0v) is 11.5. The van der Waals surface area contributed by atoms with E-state index in [9.17, 15) is 14.9 Å². The summed E-state index contributed by atoms with van der Waals surface area (Å²) < 4.78 is 1.72. The van der Waals surface area contributed by atoms with Crippen molar-refractivity contribution in [1.29, 1.82) is 0 Å². The van der Waals surface area contributed by atoms with Crippen LogP contribution < -0.4 is 5.73 Å². The second kappa shape index (κ2) is 5.29. The summed E-state index contributed by atoms with van der Waals surface area (Å²) in [6.45, 7) is 1.78. The van der Waals surface area contributed by atoms with E-state index in [4.69, 9.17) is 5.73 Å². The lowest BCUT2D eigenvalue weighted by Gasteiger charge is -2.04. The van der Waals surface area contributed by atoms with E-state index in [0.717, 1.165) is 17.8 Å². The van der Waals surface area contributed by atoms with Gasteiger partial charge in [0.2, 0.25) is 5.91 Å². The van der Waals surface area contributed by atoms with Crippen molar-refractivity contribution in [3.63, 3.8) is 0 Å². The standard InChI is InChI=1S/C11H11N5O3S/c1-6-13-14-11(15(6)2)20-9-4-3-7(10(12)17)5-8(9)16(18)19/h3-5H,1-2H3,(H2,12,17). The first-order valence-electron chi connectivity index (χ1n) is 5.52. The largest absolute Gasteiger partial charge is 0.366 e. The molecule has 0 saturated carbocycles. The molecule has 9 heteroatoms. The molecular formula is C11H11N5O3S. The Bertz CT molecular complexity index is 697. The van der Waals surface area contributed by atoms with Crippen LogP contribution in [0, 0.1) is 17.0 Å². The van der Waals surface area contributed by atoms with Gasteiger partial charge in [0.15, 0.2) is 5.16 Å². The molecule has 0 bridgehead atoms. The summed E-state index contributed by atoms with van der Waals surface area (Å²) in [5, 5.41) is 19.4. The SMILES string of the molecule is Cc1nnc(Sc2ccc(C(N)=O)cc2[N+](=O)[O-])n1C. The smallest absolute Gasteiger partial charge is 0.284 e. The molecule has 0 saturated heterocycles. The Kier molecular flexibility index (Phi) is 3.70. The number of benzene rings is 1. The van der Waals surface area contributed by atoms with Crippen molar-refractivity contribution in [3.8, 4) is 0 Å². The number of rotatable bonds is 4. The molecule has 1 heterocycles. The number of aromatic nitrogens is 3. The Balaban J connectivity index is 2.43. The molecule has 0 radical (unpaired) electrons. The van der Waals surface area contributed by atoms with Crippen molar-refractivity contribution in [1.82, 2.24) is 14.8 Å². The van der Waals surface area contributed by atoms with Gasteiger partial charge in [-0.1, -0.05) is 0 Å². The number of nitrogens with zero attached hydrogens (tertiary/aromatic N) is 4. The fourth-order valence-electron chi connectivity index (χ4n) is 1.47. The van der Waals surface area contributed by atoms with Gasteiger partial charge in [-0.3, -0.25) is 14.9 Å². The lowest BCUT2D eigenvalue weighted by atomic mass is 10.2. The van der Waals surface area contributed by atoms with Crippen LogP contribution in [0.15, 0.2) is 28.3 Å². The van der Waals surface area contributed by atoms with E-state index in [2.05, 4.69) is 10.2 Å². The minimum Gasteiger partial charge on any atom is -0.366 e. The first-order chi connectivity index (χ1) is 9.40. The van der Waals surface area contributed by atoms with E-state index >= 15 is 0 Å². The highest BCUT2D eigenvalue weighted by Crippen LogP contribution is 2.34. The van der Waals surface area contributed by atoms with Gasteiger partial charge in [0.1, 0.15) is 5.82 Å². The van der Waals surface area contributed by atoms with E-state index in [0.29, 0.717) is 15.9 Å². The average molecular weight is 293 g/mol. The van der Waals surface area contributed by atoms with E-state index in [-0.39, 0.29) is 11.3 Å². The molecule has 0 atom stereocenters. The van der Waals surface area contributed by atoms with Gasteiger partial charge in [0, 0.05) is 18.7 Å². The fraction of sp³-hybridized carbons (Fsp3) is 0.182. The topological polar surface area (TPSA) is 117 Å². The molecule has 20 heavy (non-hydrogen) atoms. The number of primary amides is 1. The summed E-state index contributed by atoms with van der Waals surface area (Å²) in [6, 6.07) is 4.09. The maximum atomic E-state index is 11.1. The van der Waals surface area contributed by atoms with E-state index in [1.165, 1.54) is 12.1 Å². The lowest BCUT2D eigenvalue weighted by Crippen LogP contribution is -2.11. The minimum atomic E-state index is -0.709. The van der Waals surface area contributed by atoms with Crippen LogP contribution in [0.2, 0.25) is 0 Å². The minimum absolute atomic E-state index is 0.0928. The molecule has 1 amide bonds. The van der Waals surface area contributed by atoms with Crippen molar-refractivity contribution in [2.45, 2.75) is 17.0 Å². The molecular weight excluding hydrogens is 282 g/mol. The number of nitrogens with two attached hydrogens (primary N) is 1. The molecule has 0 unspecified atom stereocenters. The van der Waals surface area contributed by atoms with Crippen LogP contribution in [0.25, 0.3) is 0 Å². The summed E-state index contributed by atoms with van der Waals surface area (Å²) in [6.07, 6.45) is 0. The molecule has 0 aliphatic carbocycles. The molecule has 0 spiro atoms. The summed E-state index contributed by atoms with van der Waals surface area (Å²) >= 11 is 1.11. The monoisotopic (exact) mass is 293 g/mol. The number of hydrogen-bond acceptors (Lipinski definition) is 6. The van der Waals surface area contributed by atoms with E-state index < -0.39 is 10.8 Å². The van der Waals surface area contributed by atoms with Crippen LogP contribution in [0.4, 0.5) is 5.69 Å². The number of hydrogen-bond donors (Lipinski definition) is 1. The zero-order valence-electron chi connectivity index (χ0n) is 10.7. The van der Waals surface area contributed by atoms with Crippen LogP contribution in [-0.2, 0) is 7.05 Å². The molecule has 1 aromatic heterocycles. The van der Waals surface area contributed by atoms with Gasteiger partial charge in [0.05, 0.1) is 9.82 Å². The predicted octanol–water partition coefficient (Wildman–Crippen LogP) is 1.28. The Hall–Kier alpha value is -2.42. The maximum absolute atomic E-state index is 11.1. The average Bonchev–Trinajstić information content (AvgIpc) is 2.70. The third-order valence-electron chi connectivity index (χ3n) is 2.69. The number of amides is 1. The first kappa shape index (κ1) is 14.0. The van der Waals surface area contributed by atoms with Crippen LogP contribution in [0.5, 0.6) is 0 Å². The molecule has 104 valence electrons. The van der Waals surface area contributed by atoms with Gasteiger partial charge in [-0.05, 0) is 30.8 Å². The van der Waals surface area contributed by atoms with Gasteiger partial charge in [-0.25, -0.2) is 0 Å². The van der Waals surface area contributed by atoms with Crippen LogP contribution in [0.3, 0.4) is 0 Å². The quantitative estimate of drug-likeness (QED) is 0.670. The number of carbonyl (C=O) groups excluding carboxylic acids is 1. The highest BCUT2D eigenvalue weighted by atomic mass is 32.2.